The van der Waals surface area contributed by atoms with Gasteiger partial charge in [-0.05, 0) is 0 Å². The van der Waals surface area contributed by atoms with Crippen LogP contribution >= 0.6 is 0 Å². The van der Waals surface area contributed by atoms with Gasteiger partial charge in [0.05, 0.1) is 25.2 Å². The predicted octanol–water partition coefficient (Wildman–Crippen LogP) is 1.76. The molecule has 90 valence electrons. The molecule has 1 aromatic rings. The Labute approximate surface area is 97.6 Å². The Kier molecular flexibility index (Phi) is 4.21. The SMILES string of the molecule is COC(=O)/C=C(/OC)c1cccc([N+](=O)[O-])c1. The topological polar surface area (TPSA) is 78.7 Å². The Hall–Kier alpha value is -2.37. The van der Waals surface area contributed by atoms with E-state index in [0.29, 0.717) is 5.56 Å². The van der Waals surface area contributed by atoms with Crippen LogP contribution in [0, 0.1) is 10.1 Å². The van der Waals surface area contributed by atoms with Crippen LogP contribution in [0.4, 0.5) is 5.69 Å². The summed E-state index contributed by atoms with van der Waals surface area (Å²) in [5.41, 5.74) is 0.363. The molecule has 0 bridgehead atoms. The van der Waals surface area contributed by atoms with E-state index in [1.54, 1.807) is 6.07 Å². The van der Waals surface area contributed by atoms with Crippen molar-refractivity contribution >= 4 is 17.4 Å². The third-order valence-corrected chi connectivity index (χ3v) is 2.01. The van der Waals surface area contributed by atoms with E-state index in [1.165, 1.54) is 32.4 Å². The Bertz CT molecular complexity index is 467. The number of rotatable bonds is 4. The van der Waals surface area contributed by atoms with E-state index >= 15 is 0 Å². The van der Waals surface area contributed by atoms with Gasteiger partial charge in [0.25, 0.3) is 5.69 Å². The standard InChI is InChI=1S/C11H11NO5/c1-16-10(7-11(13)17-2)8-4-3-5-9(6-8)12(14)15/h3-7H,1-2H3/b10-7+. The lowest BCUT2D eigenvalue weighted by Gasteiger charge is -2.05. The number of nitro groups is 1. The maximum absolute atomic E-state index is 11.1. The van der Waals surface area contributed by atoms with Crippen LogP contribution in [0.3, 0.4) is 0 Å². The molecule has 0 N–H and O–H groups in total. The summed E-state index contributed by atoms with van der Waals surface area (Å²) in [5, 5.41) is 10.6. The number of nitro benzene ring substituents is 1. The van der Waals surface area contributed by atoms with Gasteiger partial charge in [0.15, 0.2) is 0 Å². The van der Waals surface area contributed by atoms with Gasteiger partial charge < -0.3 is 9.47 Å². The van der Waals surface area contributed by atoms with Gasteiger partial charge in [0.1, 0.15) is 5.76 Å². The lowest BCUT2D eigenvalue weighted by Crippen LogP contribution is -1.99. The summed E-state index contributed by atoms with van der Waals surface area (Å²) < 4.78 is 9.43. The predicted molar refractivity (Wildman–Crippen MR) is 60.1 cm³/mol. The lowest BCUT2D eigenvalue weighted by atomic mass is 10.1. The number of hydrogen-bond acceptors (Lipinski definition) is 5. The number of carbonyl (C=O) groups is 1. The third kappa shape index (κ3) is 3.30. The zero-order chi connectivity index (χ0) is 12.8. The maximum Gasteiger partial charge on any atom is 0.334 e. The summed E-state index contributed by atoms with van der Waals surface area (Å²) >= 11 is 0. The second kappa shape index (κ2) is 5.64. The van der Waals surface area contributed by atoms with E-state index in [1.807, 2.05) is 0 Å². The van der Waals surface area contributed by atoms with Crippen LogP contribution < -0.4 is 0 Å². The van der Waals surface area contributed by atoms with Crippen molar-refractivity contribution in [2.45, 2.75) is 0 Å². The first-order valence-corrected chi connectivity index (χ1v) is 4.67. The molecular weight excluding hydrogens is 226 g/mol. The summed E-state index contributed by atoms with van der Waals surface area (Å²) in [4.78, 5) is 21.1. The molecule has 0 aliphatic carbocycles. The first-order chi connectivity index (χ1) is 8.08. The number of non-ortho nitro benzene ring substituents is 1. The van der Waals surface area contributed by atoms with E-state index in [4.69, 9.17) is 4.74 Å². The molecule has 0 saturated heterocycles. The van der Waals surface area contributed by atoms with Gasteiger partial charge in [-0.3, -0.25) is 10.1 Å². The monoisotopic (exact) mass is 237 g/mol. The Balaban J connectivity index is 3.12. The molecule has 0 atom stereocenters. The van der Waals surface area contributed by atoms with E-state index in [-0.39, 0.29) is 11.4 Å². The van der Waals surface area contributed by atoms with Gasteiger partial charge in [-0.25, -0.2) is 4.79 Å². The fraction of sp³-hybridized carbons (Fsp3) is 0.182. The molecule has 0 saturated carbocycles. The van der Waals surface area contributed by atoms with Crippen molar-refractivity contribution in [1.29, 1.82) is 0 Å². The smallest absolute Gasteiger partial charge is 0.334 e. The molecule has 0 heterocycles. The maximum atomic E-state index is 11.1. The zero-order valence-electron chi connectivity index (χ0n) is 9.38. The van der Waals surface area contributed by atoms with Crippen molar-refractivity contribution in [1.82, 2.24) is 0 Å². The van der Waals surface area contributed by atoms with Crippen molar-refractivity contribution in [3.8, 4) is 0 Å². The molecule has 0 fully saturated rings. The Morgan fingerprint density at radius 2 is 2.06 bits per heavy atom. The minimum atomic E-state index is -0.589. The summed E-state index contributed by atoms with van der Waals surface area (Å²) in [6, 6.07) is 5.79. The van der Waals surface area contributed by atoms with Gasteiger partial charge in [0.2, 0.25) is 0 Å². The van der Waals surface area contributed by atoms with Crippen molar-refractivity contribution in [2.24, 2.45) is 0 Å². The van der Waals surface area contributed by atoms with E-state index in [2.05, 4.69) is 4.74 Å². The van der Waals surface area contributed by atoms with Gasteiger partial charge in [-0.15, -0.1) is 0 Å². The average Bonchev–Trinajstić information content (AvgIpc) is 2.35. The molecule has 0 aromatic heterocycles. The molecule has 1 aromatic carbocycles. The Morgan fingerprint density at radius 3 is 2.59 bits per heavy atom. The lowest BCUT2D eigenvalue weighted by molar-refractivity contribution is -0.384. The number of hydrogen-bond donors (Lipinski definition) is 0. The summed E-state index contributed by atoms with van der Waals surface area (Å²) in [6.45, 7) is 0. The van der Waals surface area contributed by atoms with E-state index < -0.39 is 10.9 Å². The van der Waals surface area contributed by atoms with Crippen LogP contribution in [0.25, 0.3) is 5.76 Å². The molecule has 0 spiro atoms. The number of methoxy groups -OCH3 is 2. The van der Waals surface area contributed by atoms with Crippen LogP contribution in [0.15, 0.2) is 30.3 Å². The largest absolute Gasteiger partial charge is 0.496 e. The number of carbonyl (C=O) groups excluding carboxylic acids is 1. The number of benzene rings is 1. The highest BCUT2D eigenvalue weighted by atomic mass is 16.6. The third-order valence-electron chi connectivity index (χ3n) is 2.01. The highest BCUT2D eigenvalue weighted by Gasteiger charge is 2.10. The van der Waals surface area contributed by atoms with Crippen LogP contribution in [-0.4, -0.2) is 25.1 Å². The number of esters is 1. The fourth-order valence-electron chi connectivity index (χ4n) is 1.20. The van der Waals surface area contributed by atoms with Gasteiger partial charge in [-0.1, -0.05) is 12.1 Å². The molecule has 0 unspecified atom stereocenters. The van der Waals surface area contributed by atoms with Crippen molar-refractivity contribution in [3.63, 3.8) is 0 Å². The minimum Gasteiger partial charge on any atom is -0.496 e. The second-order valence-electron chi connectivity index (χ2n) is 3.04. The Morgan fingerprint density at radius 1 is 1.35 bits per heavy atom. The molecule has 1 rings (SSSR count). The first-order valence-electron chi connectivity index (χ1n) is 4.67. The first kappa shape index (κ1) is 12.7. The zero-order valence-corrected chi connectivity index (χ0v) is 9.38. The van der Waals surface area contributed by atoms with Gasteiger partial charge >= 0.3 is 5.97 Å². The van der Waals surface area contributed by atoms with Crippen LogP contribution in [0.2, 0.25) is 0 Å². The van der Waals surface area contributed by atoms with Crippen molar-refractivity contribution in [3.05, 3.63) is 46.0 Å². The van der Waals surface area contributed by atoms with Crippen molar-refractivity contribution < 1.29 is 19.2 Å². The fourth-order valence-corrected chi connectivity index (χ4v) is 1.20. The van der Waals surface area contributed by atoms with Crippen LogP contribution in [0.1, 0.15) is 5.56 Å². The van der Waals surface area contributed by atoms with Crippen molar-refractivity contribution in [2.75, 3.05) is 14.2 Å². The van der Waals surface area contributed by atoms with Gasteiger partial charge in [-0.2, -0.15) is 0 Å². The summed E-state index contributed by atoms with van der Waals surface area (Å²) in [6.07, 6.45) is 1.12. The van der Waals surface area contributed by atoms with Gasteiger partial charge in [0, 0.05) is 17.7 Å². The normalized spacial score (nSPS) is 10.8. The average molecular weight is 237 g/mol. The molecule has 0 aliphatic heterocycles. The van der Waals surface area contributed by atoms with E-state index in [0.717, 1.165) is 6.08 Å². The molecule has 0 aliphatic rings. The second-order valence-corrected chi connectivity index (χ2v) is 3.04. The van der Waals surface area contributed by atoms with Crippen LogP contribution in [-0.2, 0) is 14.3 Å². The summed E-state index contributed by atoms with van der Waals surface area (Å²) in [5.74, 6) is -0.381. The van der Waals surface area contributed by atoms with Crippen LogP contribution in [0.5, 0.6) is 0 Å². The molecule has 6 heteroatoms. The highest BCUT2D eigenvalue weighted by molar-refractivity contribution is 5.89. The summed E-state index contributed by atoms with van der Waals surface area (Å²) in [7, 11) is 2.60. The molecule has 0 radical (unpaired) electrons. The minimum absolute atomic E-state index is 0.0738. The quantitative estimate of drug-likeness (QED) is 0.262. The number of nitrogens with zero attached hydrogens (tertiary/aromatic N) is 1. The van der Waals surface area contributed by atoms with E-state index in [9.17, 15) is 14.9 Å². The molecule has 17 heavy (non-hydrogen) atoms. The highest BCUT2D eigenvalue weighted by Crippen LogP contribution is 2.20. The molecular formula is C11H11NO5. The molecule has 6 nitrogen and oxygen atoms in total. The number of ether oxygens (including phenoxy) is 2. The molecule has 0 amide bonds.